The molecule has 0 bridgehead atoms. The number of aryl methyl sites for hydroxylation is 1. The summed E-state index contributed by atoms with van der Waals surface area (Å²) in [6, 6.07) is 6.36. The van der Waals surface area contributed by atoms with Crippen molar-refractivity contribution in [2.24, 2.45) is 0 Å². The fraction of sp³-hybridized carbons (Fsp3) is 0.462. The Morgan fingerprint density at radius 1 is 1.16 bits per heavy atom. The molecule has 1 aromatic carbocycles. The van der Waals surface area contributed by atoms with Crippen LogP contribution < -0.4 is 118 Å². The second-order valence-corrected chi connectivity index (χ2v) is 4.68. The van der Waals surface area contributed by atoms with E-state index in [1.54, 1.807) is 7.11 Å². The summed E-state index contributed by atoms with van der Waals surface area (Å²) in [6.45, 7) is 8.73. The molecular weight excluding hydrogens is 298 g/mol. The van der Waals surface area contributed by atoms with Crippen LogP contribution in [0.5, 0.6) is 5.75 Å². The molecule has 0 aliphatic rings. The molecule has 0 N–H and O–H groups in total. The quantitative estimate of drug-likeness (QED) is 0.486. The van der Waals surface area contributed by atoms with Gasteiger partial charge in [0.15, 0.2) is 0 Å². The molecule has 0 aromatic heterocycles. The molecule has 0 heterocycles. The largest absolute Gasteiger partial charge is 1.00 e. The van der Waals surface area contributed by atoms with Crippen LogP contribution in [0.15, 0.2) is 18.2 Å². The van der Waals surface area contributed by atoms with Crippen LogP contribution in [0.25, 0.3) is 0 Å². The van der Waals surface area contributed by atoms with E-state index in [9.17, 15) is 0 Å². The van der Waals surface area contributed by atoms with Crippen LogP contribution in [-0.4, -0.2) is 13.3 Å². The molecule has 0 spiro atoms. The van der Waals surface area contributed by atoms with Gasteiger partial charge in [-0.05, 0) is 35.7 Å². The zero-order chi connectivity index (χ0) is 13.6. The summed E-state index contributed by atoms with van der Waals surface area (Å²) >= 11 is 0. The molecule has 96 valence electrons. The summed E-state index contributed by atoms with van der Waals surface area (Å²) in [6.07, 6.45) is -2.33. The maximum atomic E-state index is 8.33. The first-order chi connectivity index (χ1) is 7.68. The minimum atomic E-state index is -2.33. The maximum absolute atomic E-state index is 8.33. The topological polar surface area (TPSA) is 72.4 Å². The van der Waals surface area contributed by atoms with E-state index in [2.05, 4.69) is 39.8 Å². The number of rotatable bonds is 1. The molecule has 0 aliphatic carbocycles. The number of carbonyl (C=O) groups excluding carboxylic acids is 1. The number of benzene rings is 1. The van der Waals surface area contributed by atoms with E-state index in [1.807, 2.05) is 6.07 Å². The van der Waals surface area contributed by atoms with Crippen LogP contribution in [0.4, 0.5) is 4.79 Å². The predicted octanol–water partition coefficient (Wildman–Crippen LogP) is -5.14. The van der Waals surface area contributed by atoms with Crippen LogP contribution in [-0.2, 0) is 5.41 Å². The normalized spacial score (nSPS) is 9.11. The number of carboxylic acid groups (broad SMARTS) is 2. The number of hydrogen-bond donors (Lipinski definition) is 0. The third kappa shape index (κ3) is 11.9. The Labute approximate surface area is 200 Å². The molecule has 0 fully saturated rings. The van der Waals surface area contributed by atoms with Gasteiger partial charge in [-0.15, -0.1) is 0 Å². The van der Waals surface area contributed by atoms with Crippen molar-refractivity contribution in [3.05, 3.63) is 29.3 Å². The van der Waals surface area contributed by atoms with E-state index >= 15 is 0 Å². The van der Waals surface area contributed by atoms with Crippen LogP contribution in [0.2, 0.25) is 0 Å². The zero-order valence-electron chi connectivity index (χ0n) is 12.9. The summed E-state index contributed by atoms with van der Waals surface area (Å²) in [4.78, 5) is 8.33. The molecule has 0 saturated carbocycles. The van der Waals surface area contributed by atoms with Gasteiger partial charge in [0, 0.05) is 0 Å². The van der Waals surface area contributed by atoms with Crippen LogP contribution >= 0.6 is 0 Å². The van der Waals surface area contributed by atoms with Gasteiger partial charge in [-0.1, -0.05) is 32.9 Å². The summed E-state index contributed by atoms with van der Waals surface area (Å²) in [7, 11) is 1.71. The molecule has 1 aromatic rings. The van der Waals surface area contributed by atoms with Crippen molar-refractivity contribution < 1.29 is 123 Å². The first-order valence-electron chi connectivity index (χ1n) is 5.21. The van der Waals surface area contributed by atoms with Crippen LogP contribution in [0, 0.1) is 6.92 Å². The van der Waals surface area contributed by atoms with Crippen molar-refractivity contribution in [2.45, 2.75) is 33.1 Å². The molecule has 6 heteroatoms. The molecular formula is C13H18K2O4. The number of methoxy groups -OCH3 is 1. The zero-order valence-corrected chi connectivity index (χ0v) is 19.1. The standard InChI is InChI=1S/C12H18O.CH2O3.2K/c1-9-8-10(12(2,3)4)6-7-11(9)13-5;2-1(3)4;;/h6-8H,1-5H3;(H2,2,3,4);;/q;;2*+1/p-2. The maximum Gasteiger partial charge on any atom is 1.00 e. The molecule has 0 aliphatic heterocycles. The van der Waals surface area contributed by atoms with Gasteiger partial charge in [-0.25, -0.2) is 0 Å². The fourth-order valence-electron chi connectivity index (χ4n) is 1.34. The number of ether oxygens (including phenoxy) is 1. The average molecular weight is 316 g/mol. The van der Waals surface area contributed by atoms with E-state index in [0.29, 0.717) is 0 Å². The van der Waals surface area contributed by atoms with Gasteiger partial charge < -0.3 is 19.7 Å². The van der Waals surface area contributed by atoms with Gasteiger partial charge in [-0.3, -0.25) is 0 Å². The molecule has 0 saturated heterocycles. The van der Waals surface area contributed by atoms with Crippen molar-refractivity contribution in [3.8, 4) is 5.75 Å². The van der Waals surface area contributed by atoms with E-state index in [4.69, 9.17) is 19.7 Å². The van der Waals surface area contributed by atoms with Crippen LogP contribution in [0.1, 0.15) is 31.9 Å². The third-order valence-electron chi connectivity index (χ3n) is 2.26. The van der Waals surface area contributed by atoms with Crippen molar-refractivity contribution in [2.75, 3.05) is 7.11 Å². The first-order valence-corrected chi connectivity index (χ1v) is 5.21. The smallest absolute Gasteiger partial charge is 0.652 e. The Bertz CT molecular complexity index is 383. The van der Waals surface area contributed by atoms with Gasteiger partial charge in [0.05, 0.1) is 7.11 Å². The predicted molar refractivity (Wildman–Crippen MR) is 61.8 cm³/mol. The minimum Gasteiger partial charge on any atom is -0.652 e. The average Bonchev–Trinajstić information content (AvgIpc) is 2.15. The molecule has 0 atom stereocenters. The molecule has 1 rings (SSSR count). The monoisotopic (exact) mass is 316 g/mol. The van der Waals surface area contributed by atoms with E-state index < -0.39 is 6.16 Å². The molecule has 0 amide bonds. The van der Waals surface area contributed by atoms with E-state index in [1.165, 1.54) is 11.1 Å². The van der Waals surface area contributed by atoms with Crippen molar-refractivity contribution >= 4 is 6.16 Å². The van der Waals surface area contributed by atoms with Gasteiger partial charge in [0.1, 0.15) is 5.75 Å². The van der Waals surface area contributed by atoms with E-state index in [-0.39, 0.29) is 108 Å². The first kappa shape index (κ1) is 25.5. The summed E-state index contributed by atoms with van der Waals surface area (Å²) in [5.41, 5.74) is 2.78. The van der Waals surface area contributed by atoms with Gasteiger partial charge in [0.2, 0.25) is 0 Å². The van der Waals surface area contributed by atoms with E-state index in [0.717, 1.165) is 5.75 Å². The molecule has 4 nitrogen and oxygen atoms in total. The SMILES string of the molecule is COc1ccc(C(C)(C)C)cc1C.O=C([O-])[O-].[K+].[K+]. The summed E-state index contributed by atoms with van der Waals surface area (Å²) < 4.78 is 5.21. The Morgan fingerprint density at radius 3 is 1.84 bits per heavy atom. The summed E-state index contributed by atoms with van der Waals surface area (Å²) in [5, 5.41) is 16.7. The van der Waals surface area contributed by atoms with Gasteiger partial charge in [0.25, 0.3) is 0 Å². The molecule has 0 radical (unpaired) electrons. The molecule has 0 unspecified atom stereocenters. The Morgan fingerprint density at radius 2 is 1.58 bits per heavy atom. The number of carbonyl (C=O) groups is 1. The number of hydrogen-bond acceptors (Lipinski definition) is 4. The Balaban J connectivity index is -0.000000379. The fourth-order valence-corrected chi connectivity index (χ4v) is 1.34. The van der Waals surface area contributed by atoms with Crippen molar-refractivity contribution in [1.82, 2.24) is 0 Å². The second kappa shape index (κ2) is 12.1. The van der Waals surface area contributed by atoms with Crippen molar-refractivity contribution in [3.63, 3.8) is 0 Å². The minimum absolute atomic E-state index is 0. The van der Waals surface area contributed by atoms with Gasteiger partial charge in [-0.2, -0.15) is 0 Å². The summed E-state index contributed by atoms with van der Waals surface area (Å²) in [5.74, 6) is 0.966. The third-order valence-corrected chi connectivity index (χ3v) is 2.26. The van der Waals surface area contributed by atoms with Crippen molar-refractivity contribution in [1.29, 1.82) is 0 Å². The Kier molecular flexibility index (Phi) is 16.3. The van der Waals surface area contributed by atoms with Crippen LogP contribution in [0.3, 0.4) is 0 Å². The van der Waals surface area contributed by atoms with Gasteiger partial charge >= 0.3 is 103 Å². The Hall–Kier alpha value is 1.56. The second-order valence-electron chi connectivity index (χ2n) is 4.68. The molecule has 19 heavy (non-hydrogen) atoms.